The van der Waals surface area contributed by atoms with E-state index < -0.39 is 0 Å². The summed E-state index contributed by atoms with van der Waals surface area (Å²) in [6.45, 7) is 1.82. The second-order valence-electron chi connectivity index (χ2n) is 3.50. The van der Waals surface area contributed by atoms with Gasteiger partial charge in [-0.1, -0.05) is 6.07 Å². The number of benzene rings is 1. The molecule has 0 unspecified atom stereocenters. The summed E-state index contributed by atoms with van der Waals surface area (Å²) in [7, 11) is 0. The van der Waals surface area contributed by atoms with Gasteiger partial charge in [0.25, 0.3) is 0 Å². The van der Waals surface area contributed by atoms with Crippen LogP contribution in [0.25, 0.3) is 0 Å². The van der Waals surface area contributed by atoms with E-state index in [1.54, 1.807) is 18.2 Å². The molecule has 0 aliphatic carbocycles. The number of hydrazine groups is 1. The molecule has 5 nitrogen and oxygen atoms in total. The number of hydrogen-bond acceptors (Lipinski definition) is 5. The maximum absolute atomic E-state index is 13.0. The predicted molar refractivity (Wildman–Crippen MR) is 64.3 cm³/mol. The molecule has 17 heavy (non-hydrogen) atoms. The number of nitrogen functional groups attached to an aromatic ring is 1. The Morgan fingerprint density at radius 1 is 1.24 bits per heavy atom. The van der Waals surface area contributed by atoms with Crippen LogP contribution < -0.4 is 16.6 Å². The predicted octanol–water partition coefficient (Wildman–Crippen LogP) is 1.95. The van der Waals surface area contributed by atoms with Gasteiger partial charge >= 0.3 is 0 Å². The Balaban J connectivity index is 2.26. The van der Waals surface area contributed by atoms with Crippen LogP contribution in [-0.2, 0) is 0 Å². The van der Waals surface area contributed by atoms with Crippen LogP contribution in [0.5, 0.6) is 0 Å². The highest BCUT2D eigenvalue weighted by atomic mass is 19.1. The lowest BCUT2D eigenvalue weighted by Gasteiger charge is -2.07. The normalized spacial score (nSPS) is 10.1. The number of aryl methyl sites for hydroxylation is 1. The zero-order chi connectivity index (χ0) is 12.3. The van der Waals surface area contributed by atoms with Gasteiger partial charge in [-0.15, -0.1) is 0 Å². The summed E-state index contributed by atoms with van der Waals surface area (Å²) >= 11 is 0. The van der Waals surface area contributed by atoms with E-state index in [0.717, 1.165) is 5.69 Å². The van der Waals surface area contributed by atoms with E-state index in [1.165, 1.54) is 12.1 Å². The van der Waals surface area contributed by atoms with Crippen LogP contribution in [0.3, 0.4) is 0 Å². The summed E-state index contributed by atoms with van der Waals surface area (Å²) in [6, 6.07) is 7.77. The molecule has 0 fully saturated rings. The molecule has 0 atom stereocenters. The summed E-state index contributed by atoms with van der Waals surface area (Å²) < 4.78 is 13.0. The molecule has 6 heteroatoms. The Hall–Kier alpha value is -2.21. The first-order valence-corrected chi connectivity index (χ1v) is 5.02. The van der Waals surface area contributed by atoms with Crippen molar-refractivity contribution in [3.05, 3.63) is 41.8 Å². The zero-order valence-corrected chi connectivity index (χ0v) is 9.24. The molecule has 2 rings (SSSR count). The highest BCUT2D eigenvalue weighted by Crippen LogP contribution is 2.15. The van der Waals surface area contributed by atoms with Crippen molar-refractivity contribution in [2.75, 3.05) is 10.7 Å². The van der Waals surface area contributed by atoms with Gasteiger partial charge in [0.1, 0.15) is 11.6 Å². The van der Waals surface area contributed by atoms with Crippen LogP contribution in [-0.4, -0.2) is 9.97 Å². The first kappa shape index (κ1) is 11.3. The fourth-order valence-corrected chi connectivity index (χ4v) is 1.39. The van der Waals surface area contributed by atoms with Crippen LogP contribution in [0.15, 0.2) is 30.3 Å². The molecule has 1 aromatic carbocycles. The van der Waals surface area contributed by atoms with Crippen LogP contribution in [0.4, 0.5) is 21.8 Å². The second-order valence-corrected chi connectivity index (χ2v) is 3.50. The minimum absolute atomic E-state index is 0.320. The Bertz CT molecular complexity index is 529. The van der Waals surface area contributed by atoms with Crippen molar-refractivity contribution in [3.63, 3.8) is 0 Å². The van der Waals surface area contributed by atoms with E-state index in [1.807, 2.05) is 6.92 Å². The van der Waals surface area contributed by atoms with Gasteiger partial charge < -0.3 is 10.7 Å². The number of nitrogens with two attached hydrogens (primary N) is 1. The molecule has 88 valence electrons. The number of nitrogens with zero attached hydrogens (tertiary/aromatic N) is 2. The van der Waals surface area contributed by atoms with E-state index >= 15 is 0 Å². The standard InChI is InChI=1S/C11H12FN5/c1-7-5-10(17-13)16-11(14-7)15-9-4-2-3-8(12)6-9/h2-6H,13H2,1H3,(H2,14,15,16,17). The van der Waals surface area contributed by atoms with Gasteiger partial charge in [-0.3, -0.25) is 0 Å². The minimum Gasteiger partial charge on any atom is -0.324 e. The Morgan fingerprint density at radius 2 is 2.06 bits per heavy atom. The third-order valence-electron chi connectivity index (χ3n) is 2.08. The monoisotopic (exact) mass is 233 g/mol. The molecule has 2 aromatic rings. The van der Waals surface area contributed by atoms with Crippen molar-refractivity contribution in [3.8, 4) is 0 Å². The zero-order valence-electron chi connectivity index (χ0n) is 9.24. The molecule has 0 saturated heterocycles. The largest absolute Gasteiger partial charge is 0.324 e. The molecule has 0 aliphatic rings. The minimum atomic E-state index is -0.320. The van der Waals surface area contributed by atoms with E-state index in [2.05, 4.69) is 20.7 Å². The highest BCUT2D eigenvalue weighted by Gasteiger charge is 2.02. The number of anilines is 3. The van der Waals surface area contributed by atoms with E-state index in [0.29, 0.717) is 17.5 Å². The maximum atomic E-state index is 13.0. The van der Waals surface area contributed by atoms with Crippen LogP contribution >= 0.6 is 0 Å². The van der Waals surface area contributed by atoms with Crippen molar-refractivity contribution in [1.29, 1.82) is 0 Å². The third kappa shape index (κ3) is 2.88. The summed E-state index contributed by atoms with van der Waals surface area (Å²) in [5.74, 6) is 5.82. The van der Waals surface area contributed by atoms with Gasteiger partial charge in [-0.25, -0.2) is 15.2 Å². The average Bonchev–Trinajstić information content (AvgIpc) is 2.28. The molecule has 0 saturated carbocycles. The Labute approximate surface area is 97.9 Å². The molecule has 0 amide bonds. The number of rotatable bonds is 3. The quantitative estimate of drug-likeness (QED) is 0.558. The van der Waals surface area contributed by atoms with Crippen molar-refractivity contribution in [2.45, 2.75) is 6.92 Å². The summed E-state index contributed by atoms with van der Waals surface area (Å²) in [4.78, 5) is 8.26. The lowest BCUT2D eigenvalue weighted by atomic mass is 10.3. The molecule has 1 heterocycles. The number of halogens is 1. The third-order valence-corrected chi connectivity index (χ3v) is 2.08. The smallest absolute Gasteiger partial charge is 0.229 e. The molecule has 4 N–H and O–H groups in total. The van der Waals surface area contributed by atoms with Gasteiger partial charge in [0, 0.05) is 17.4 Å². The van der Waals surface area contributed by atoms with Gasteiger partial charge in [0.05, 0.1) is 0 Å². The van der Waals surface area contributed by atoms with Crippen molar-refractivity contribution < 1.29 is 4.39 Å². The molecule has 0 aliphatic heterocycles. The molecular weight excluding hydrogens is 221 g/mol. The molecule has 0 spiro atoms. The van der Waals surface area contributed by atoms with Gasteiger partial charge in [-0.2, -0.15) is 4.98 Å². The number of aromatic nitrogens is 2. The van der Waals surface area contributed by atoms with Crippen molar-refractivity contribution >= 4 is 17.5 Å². The first-order chi connectivity index (χ1) is 8.17. The SMILES string of the molecule is Cc1cc(NN)nc(Nc2cccc(F)c2)n1. The van der Waals surface area contributed by atoms with E-state index in [9.17, 15) is 4.39 Å². The lowest BCUT2D eigenvalue weighted by molar-refractivity contribution is 0.628. The topological polar surface area (TPSA) is 75.9 Å². The van der Waals surface area contributed by atoms with E-state index in [4.69, 9.17) is 5.84 Å². The van der Waals surface area contributed by atoms with Crippen molar-refractivity contribution in [2.24, 2.45) is 5.84 Å². The maximum Gasteiger partial charge on any atom is 0.229 e. The summed E-state index contributed by atoms with van der Waals surface area (Å²) in [5, 5.41) is 2.90. The molecular formula is C11H12FN5. The summed E-state index contributed by atoms with van der Waals surface area (Å²) in [5.41, 5.74) is 3.78. The fourth-order valence-electron chi connectivity index (χ4n) is 1.39. The number of nitrogens with one attached hydrogen (secondary N) is 2. The van der Waals surface area contributed by atoms with Gasteiger partial charge in [-0.05, 0) is 25.1 Å². The average molecular weight is 233 g/mol. The second kappa shape index (κ2) is 4.75. The van der Waals surface area contributed by atoms with Crippen LogP contribution in [0.2, 0.25) is 0 Å². The molecule has 0 bridgehead atoms. The van der Waals surface area contributed by atoms with Crippen LogP contribution in [0.1, 0.15) is 5.69 Å². The lowest BCUT2D eigenvalue weighted by Crippen LogP contribution is -2.10. The van der Waals surface area contributed by atoms with Crippen molar-refractivity contribution in [1.82, 2.24) is 9.97 Å². The highest BCUT2D eigenvalue weighted by molar-refractivity contribution is 5.54. The first-order valence-electron chi connectivity index (χ1n) is 5.02. The van der Waals surface area contributed by atoms with E-state index in [-0.39, 0.29) is 5.82 Å². The van der Waals surface area contributed by atoms with Gasteiger partial charge in [0.15, 0.2) is 0 Å². The van der Waals surface area contributed by atoms with Gasteiger partial charge in [0.2, 0.25) is 5.95 Å². The fraction of sp³-hybridized carbons (Fsp3) is 0.0909. The molecule has 0 radical (unpaired) electrons. The van der Waals surface area contributed by atoms with Crippen LogP contribution in [0, 0.1) is 12.7 Å². The summed E-state index contributed by atoms with van der Waals surface area (Å²) in [6.07, 6.45) is 0. The molecule has 1 aromatic heterocycles. The Kier molecular flexibility index (Phi) is 3.15. The Morgan fingerprint density at radius 3 is 2.76 bits per heavy atom. The number of hydrogen-bond donors (Lipinski definition) is 3.